The molecule has 3 nitrogen and oxygen atoms in total. The summed E-state index contributed by atoms with van der Waals surface area (Å²) < 4.78 is 26.6. The van der Waals surface area contributed by atoms with Crippen LogP contribution >= 0.6 is 0 Å². The number of anilines is 2. The molecular formula is C11H12F2N2O. The van der Waals surface area contributed by atoms with Gasteiger partial charge in [0.15, 0.2) is 5.82 Å². The van der Waals surface area contributed by atoms with Crippen molar-refractivity contribution in [1.29, 1.82) is 0 Å². The quantitative estimate of drug-likeness (QED) is 0.795. The number of halogens is 2. The minimum absolute atomic E-state index is 0.0636. The normalized spacial score (nSPS) is 15.1. The third-order valence-corrected chi connectivity index (χ3v) is 2.48. The fraction of sp³-hybridized carbons (Fsp3) is 0.364. The van der Waals surface area contributed by atoms with Crippen LogP contribution in [0, 0.1) is 11.6 Å². The first-order valence-corrected chi connectivity index (χ1v) is 5.05. The van der Waals surface area contributed by atoms with Crippen LogP contribution in [0.2, 0.25) is 0 Å². The van der Waals surface area contributed by atoms with E-state index < -0.39 is 11.6 Å². The van der Waals surface area contributed by atoms with Gasteiger partial charge in [0.05, 0.1) is 12.2 Å². The van der Waals surface area contributed by atoms with Gasteiger partial charge in [-0.05, 0) is 19.9 Å². The highest BCUT2D eigenvalue weighted by molar-refractivity contribution is 6.03. The van der Waals surface area contributed by atoms with Crippen molar-refractivity contribution in [1.82, 2.24) is 0 Å². The van der Waals surface area contributed by atoms with Gasteiger partial charge in [0.25, 0.3) is 0 Å². The highest BCUT2D eigenvalue weighted by Gasteiger charge is 2.29. The minimum Gasteiger partial charge on any atom is -0.374 e. The zero-order chi connectivity index (χ0) is 11.9. The number of nitrogens with one attached hydrogen (secondary N) is 1. The Bertz CT molecular complexity index is 446. The Morgan fingerprint density at radius 2 is 2.06 bits per heavy atom. The number of amides is 1. The molecule has 16 heavy (non-hydrogen) atoms. The molecule has 0 saturated carbocycles. The Balaban J connectivity index is 2.59. The number of hydrogen-bond acceptors (Lipinski definition) is 2. The number of hydrogen-bond donors (Lipinski definition) is 1. The third kappa shape index (κ3) is 1.62. The predicted octanol–water partition coefficient (Wildman–Crippen LogP) is 2.13. The number of carbonyl (C=O) groups excluding carboxylic acids is 1. The van der Waals surface area contributed by atoms with Gasteiger partial charge in [0, 0.05) is 12.1 Å². The Labute approximate surface area is 92.1 Å². The summed E-state index contributed by atoms with van der Waals surface area (Å²) in [6.45, 7) is 3.64. The van der Waals surface area contributed by atoms with E-state index in [0.717, 1.165) is 6.07 Å². The lowest BCUT2D eigenvalue weighted by molar-refractivity contribution is -0.117. The van der Waals surface area contributed by atoms with Crippen LogP contribution in [0.5, 0.6) is 0 Å². The Morgan fingerprint density at radius 1 is 1.38 bits per heavy atom. The first-order valence-electron chi connectivity index (χ1n) is 5.05. The second-order valence-electron chi connectivity index (χ2n) is 3.99. The lowest BCUT2D eigenvalue weighted by atomic mass is 10.1. The molecule has 1 aromatic rings. The molecule has 0 aromatic heterocycles. The topological polar surface area (TPSA) is 32.3 Å². The fourth-order valence-electron chi connectivity index (χ4n) is 1.87. The van der Waals surface area contributed by atoms with E-state index in [0.29, 0.717) is 5.69 Å². The summed E-state index contributed by atoms with van der Waals surface area (Å²) in [4.78, 5) is 13.0. The molecule has 1 N–H and O–H groups in total. The van der Waals surface area contributed by atoms with Gasteiger partial charge in [0.2, 0.25) is 5.91 Å². The Hall–Kier alpha value is -1.65. The predicted molar refractivity (Wildman–Crippen MR) is 57.5 cm³/mol. The Kier molecular flexibility index (Phi) is 2.53. The van der Waals surface area contributed by atoms with Crippen molar-refractivity contribution < 1.29 is 13.6 Å². The molecule has 0 bridgehead atoms. The average Bonchev–Trinajstić information content (AvgIpc) is 2.18. The fourth-order valence-corrected chi connectivity index (χ4v) is 1.87. The molecule has 1 aliphatic rings. The van der Waals surface area contributed by atoms with Gasteiger partial charge in [-0.3, -0.25) is 4.79 Å². The van der Waals surface area contributed by atoms with E-state index in [2.05, 4.69) is 5.32 Å². The summed E-state index contributed by atoms with van der Waals surface area (Å²) in [6.07, 6.45) is 0. The van der Waals surface area contributed by atoms with Crippen LogP contribution in [0.25, 0.3) is 0 Å². The molecule has 1 heterocycles. The van der Waals surface area contributed by atoms with Crippen molar-refractivity contribution in [3.63, 3.8) is 0 Å². The zero-order valence-corrected chi connectivity index (χ0v) is 9.05. The van der Waals surface area contributed by atoms with Gasteiger partial charge < -0.3 is 10.2 Å². The van der Waals surface area contributed by atoms with Crippen molar-refractivity contribution in [2.24, 2.45) is 0 Å². The molecule has 0 spiro atoms. The standard InChI is InChI=1S/C11H12F2N2O/c1-6(2)15-10(16)5-14-9-4-7(12)3-8(13)11(9)15/h3-4,6,14H,5H2,1-2H3. The molecule has 1 amide bonds. The number of rotatable bonds is 1. The third-order valence-electron chi connectivity index (χ3n) is 2.48. The molecule has 0 radical (unpaired) electrons. The van der Waals surface area contributed by atoms with E-state index in [1.807, 2.05) is 0 Å². The molecule has 0 unspecified atom stereocenters. The van der Waals surface area contributed by atoms with E-state index in [1.54, 1.807) is 13.8 Å². The van der Waals surface area contributed by atoms with Crippen molar-refractivity contribution in [3.8, 4) is 0 Å². The monoisotopic (exact) mass is 226 g/mol. The molecule has 2 rings (SSSR count). The van der Waals surface area contributed by atoms with Gasteiger partial charge in [-0.15, -0.1) is 0 Å². The van der Waals surface area contributed by atoms with Gasteiger partial charge in [0.1, 0.15) is 11.5 Å². The lowest BCUT2D eigenvalue weighted by Gasteiger charge is -2.33. The van der Waals surface area contributed by atoms with Crippen LogP contribution in [-0.4, -0.2) is 18.5 Å². The first-order chi connectivity index (χ1) is 7.50. The number of fused-ring (bicyclic) bond motifs is 1. The highest BCUT2D eigenvalue weighted by Crippen LogP contribution is 2.34. The van der Waals surface area contributed by atoms with E-state index in [1.165, 1.54) is 11.0 Å². The molecule has 0 aliphatic carbocycles. The highest BCUT2D eigenvalue weighted by atomic mass is 19.1. The van der Waals surface area contributed by atoms with E-state index in [4.69, 9.17) is 0 Å². The van der Waals surface area contributed by atoms with Crippen LogP contribution in [0.3, 0.4) is 0 Å². The summed E-state index contributed by atoms with van der Waals surface area (Å²) in [5, 5.41) is 2.71. The molecular weight excluding hydrogens is 214 g/mol. The first kappa shape index (κ1) is 10.9. The van der Waals surface area contributed by atoms with Crippen LogP contribution < -0.4 is 10.2 Å². The molecule has 1 aromatic carbocycles. The minimum atomic E-state index is -0.718. The van der Waals surface area contributed by atoms with Crippen LogP contribution in [0.15, 0.2) is 12.1 Å². The maximum atomic E-state index is 13.6. The number of nitrogens with zero attached hydrogens (tertiary/aromatic N) is 1. The Morgan fingerprint density at radius 3 is 2.69 bits per heavy atom. The van der Waals surface area contributed by atoms with Gasteiger partial charge >= 0.3 is 0 Å². The van der Waals surface area contributed by atoms with Crippen molar-refractivity contribution in [2.45, 2.75) is 19.9 Å². The molecule has 0 saturated heterocycles. The van der Waals surface area contributed by atoms with Crippen molar-refractivity contribution >= 4 is 17.3 Å². The second kappa shape index (κ2) is 3.73. The van der Waals surface area contributed by atoms with Crippen LogP contribution in [0.4, 0.5) is 20.2 Å². The van der Waals surface area contributed by atoms with Crippen molar-refractivity contribution in [2.75, 3.05) is 16.8 Å². The van der Waals surface area contributed by atoms with Gasteiger partial charge in [-0.25, -0.2) is 8.78 Å². The smallest absolute Gasteiger partial charge is 0.246 e. The summed E-state index contributed by atoms with van der Waals surface area (Å²) in [5.41, 5.74) is 0.457. The van der Waals surface area contributed by atoms with Gasteiger partial charge in [-0.1, -0.05) is 0 Å². The molecule has 86 valence electrons. The van der Waals surface area contributed by atoms with E-state index in [9.17, 15) is 13.6 Å². The van der Waals surface area contributed by atoms with Gasteiger partial charge in [-0.2, -0.15) is 0 Å². The maximum absolute atomic E-state index is 13.6. The van der Waals surface area contributed by atoms with E-state index in [-0.39, 0.29) is 24.2 Å². The number of benzene rings is 1. The SMILES string of the molecule is CC(C)N1C(=O)CNc2cc(F)cc(F)c21. The van der Waals surface area contributed by atoms with E-state index >= 15 is 0 Å². The molecule has 1 aliphatic heterocycles. The zero-order valence-electron chi connectivity index (χ0n) is 9.05. The molecule has 5 heteroatoms. The lowest BCUT2D eigenvalue weighted by Crippen LogP contribution is -2.44. The summed E-state index contributed by atoms with van der Waals surface area (Å²) in [6, 6.07) is 1.82. The maximum Gasteiger partial charge on any atom is 0.246 e. The molecule has 0 atom stereocenters. The summed E-state index contributed by atoms with van der Waals surface area (Å²) in [7, 11) is 0. The van der Waals surface area contributed by atoms with Crippen molar-refractivity contribution in [3.05, 3.63) is 23.8 Å². The van der Waals surface area contributed by atoms with Crippen LogP contribution in [0.1, 0.15) is 13.8 Å². The largest absolute Gasteiger partial charge is 0.374 e. The number of carbonyl (C=O) groups is 1. The summed E-state index contributed by atoms with van der Waals surface area (Å²) >= 11 is 0. The summed E-state index contributed by atoms with van der Waals surface area (Å²) in [5.74, 6) is -1.58. The average molecular weight is 226 g/mol. The molecule has 0 fully saturated rings. The van der Waals surface area contributed by atoms with Crippen LogP contribution in [-0.2, 0) is 4.79 Å². The second-order valence-corrected chi connectivity index (χ2v) is 3.99.